The monoisotopic (exact) mass is 465 g/mol. The summed E-state index contributed by atoms with van der Waals surface area (Å²) in [5.74, 6) is -0.128. The third-order valence-corrected chi connectivity index (χ3v) is 6.52. The topological polar surface area (TPSA) is 35.6 Å². The number of carbonyl (C=O) groups excluding carboxylic acids is 1. The fourth-order valence-electron chi connectivity index (χ4n) is 4.42. The Bertz CT molecular complexity index is 1240. The van der Waals surface area contributed by atoms with E-state index in [0.29, 0.717) is 17.6 Å². The highest BCUT2D eigenvalue weighted by Crippen LogP contribution is 2.42. The Kier molecular flexibility index (Phi) is 6.28. The first-order valence-electron chi connectivity index (χ1n) is 11.4. The molecule has 0 aliphatic heterocycles. The van der Waals surface area contributed by atoms with Crippen LogP contribution in [-0.2, 0) is 0 Å². The van der Waals surface area contributed by atoms with E-state index in [1.54, 1.807) is 0 Å². The molecular weight excluding hydrogens is 438 g/mol. The summed E-state index contributed by atoms with van der Waals surface area (Å²) in [6.07, 6.45) is 1.05. The summed E-state index contributed by atoms with van der Waals surface area (Å²) >= 11 is 4.35. The molecule has 4 aromatic carbocycles. The predicted octanol–water partition coefficient (Wildman–Crippen LogP) is 6.64. The number of likely N-dealkylation sites (N-methyl/N-ethyl adjacent to an activating group) is 1. The number of nitrogens with zero attached hydrogens (tertiary/aromatic N) is 2. The molecular formula is C29H27N3OS. The van der Waals surface area contributed by atoms with Crippen LogP contribution in [0.15, 0.2) is 114 Å². The Morgan fingerprint density at radius 2 is 1.38 bits per heavy atom. The Labute approximate surface area is 206 Å². The number of thiol groups is 1. The molecule has 0 spiro atoms. The van der Waals surface area contributed by atoms with Crippen LogP contribution < -0.4 is 15.1 Å². The number of hydrogen-bond donors (Lipinski definition) is 2. The minimum absolute atomic E-state index is 0.128. The molecule has 4 aromatic rings. The molecule has 1 amide bonds. The van der Waals surface area contributed by atoms with E-state index in [1.165, 1.54) is 11.4 Å². The van der Waals surface area contributed by atoms with Crippen LogP contribution in [0.3, 0.4) is 0 Å². The Balaban J connectivity index is 1.34. The van der Waals surface area contributed by atoms with Crippen molar-refractivity contribution in [3.8, 4) is 0 Å². The Morgan fingerprint density at radius 1 is 0.765 bits per heavy atom. The maximum atomic E-state index is 12.9. The van der Waals surface area contributed by atoms with Gasteiger partial charge in [0.2, 0.25) is 0 Å². The van der Waals surface area contributed by atoms with Crippen LogP contribution >= 0.6 is 12.6 Å². The number of para-hydroxylation sites is 2. The first-order valence-corrected chi connectivity index (χ1v) is 11.9. The zero-order chi connectivity index (χ0) is 23.5. The first kappa shape index (κ1) is 22.1. The van der Waals surface area contributed by atoms with Gasteiger partial charge in [-0.15, -0.1) is 12.6 Å². The number of rotatable bonds is 7. The van der Waals surface area contributed by atoms with E-state index in [2.05, 4.69) is 89.4 Å². The summed E-state index contributed by atoms with van der Waals surface area (Å²) in [4.78, 5) is 18.4. The summed E-state index contributed by atoms with van der Waals surface area (Å²) in [7, 11) is 2.11. The van der Waals surface area contributed by atoms with Gasteiger partial charge in [0.15, 0.2) is 0 Å². The molecule has 5 rings (SSSR count). The van der Waals surface area contributed by atoms with E-state index in [1.807, 2.05) is 54.6 Å². The molecule has 2 atom stereocenters. The molecule has 2 unspecified atom stereocenters. The summed E-state index contributed by atoms with van der Waals surface area (Å²) in [6.45, 7) is 0. The molecule has 1 aliphatic carbocycles. The third kappa shape index (κ3) is 4.80. The highest BCUT2D eigenvalue weighted by Gasteiger charge is 2.45. The lowest BCUT2D eigenvalue weighted by Gasteiger charge is -2.28. The van der Waals surface area contributed by atoms with Gasteiger partial charge < -0.3 is 15.1 Å². The van der Waals surface area contributed by atoms with E-state index < -0.39 is 0 Å². The van der Waals surface area contributed by atoms with Crippen LogP contribution in [0, 0.1) is 0 Å². The van der Waals surface area contributed by atoms with E-state index >= 15 is 0 Å². The molecule has 0 radical (unpaired) electrons. The standard InChI is InChI=1S/C29H27N3OS/c1-31(25-16-8-10-21(18-25)29(33)30-22-11-9-17-26(34)19-22)27-20-28(27)32(23-12-4-2-5-13-23)24-14-6-3-7-15-24/h2-19,27-28,34H,20H2,1H3,(H,30,33). The van der Waals surface area contributed by atoms with Crippen LogP contribution in [0.1, 0.15) is 16.8 Å². The van der Waals surface area contributed by atoms with Crippen molar-refractivity contribution in [2.24, 2.45) is 0 Å². The number of carbonyl (C=O) groups is 1. The average Bonchev–Trinajstić information content (AvgIpc) is 3.65. The smallest absolute Gasteiger partial charge is 0.255 e. The van der Waals surface area contributed by atoms with Crippen LogP contribution in [0.25, 0.3) is 0 Å². The molecule has 0 aromatic heterocycles. The lowest BCUT2D eigenvalue weighted by Crippen LogP contribution is -2.30. The van der Waals surface area contributed by atoms with Crippen molar-refractivity contribution in [1.82, 2.24) is 0 Å². The van der Waals surface area contributed by atoms with Crippen molar-refractivity contribution in [2.75, 3.05) is 22.2 Å². The van der Waals surface area contributed by atoms with Gasteiger partial charge in [-0.2, -0.15) is 0 Å². The number of nitrogens with one attached hydrogen (secondary N) is 1. The lowest BCUT2D eigenvalue weighted by molar-refractivity contribution is 0.102. The van der Waals surface area contributed by atoms with E-state index in [0.717, 1.165) is 22.7 Å². The number of benzene rings is 4. The first-order chi connectivity index (χ1) is 16.6. The lowest BCUT2D eigenvalue weighted by atomic mass is 10.1. The van der Waals surface area contributed by atoms with Gasteiger partial charge in [0.05, 0.1) is 12.1 Å². The van der Waals surface area contributed by atoms with E-state index in [9.17, 15) is 4.79 Å². The summed E-state index contributed by atoms with van der Waals surface area (Å²) in [5, 5.41) is 2.97. The van der Waals surface area contributed by atoms with Gasteiger partial charge in [0.1, 0.15) is 0 Å². The normalized spacial score (nSPS) is 16.5. The molecule has 1 aliphatic rings. The maximum Gasteiger partial charge on any atom is 0.255 e. The van der Waals surface area contributed by atoms with Crippen molar-refractivity contribution in [1.29, 1.82) is 0 Å². The summed E-state index contributed by atoms with van der Waals surface area (Å²) < 4.78 is 0. The third-order valence-electron chi connectivity index (χ3n) is 6.24. The minimum atomic E-state index is -0.128. The van der Waals surface area contributed by atoms with E-state index in [4.69, 9.17) is 0 Å². The van der Waals surface area contributed by atoms with E-state index in [-0.39, 0.29) is 5.91 Å². The predicted molar refractivity (Wildman–Crippen MR) is 144 cm³/mol. The van der Waals surface area contributed by atoms with Gasteiger partial charge in [-0.05, 0) is 67.1 Å². The Morgan fingerprint density at radius 3 is 2.03 bits per heavy atom. The molecule has 0 heterocycles. The van der Waals surface area contributed by atoms with Crippen molar-refractivity contribution in [3.63, 3.8) is 0 Å². The molecule has 1 saturated carbocycles. The van der Waals surface area contributed by atoms with Crippen LogP contribution in [0.4, 0.5) is 22.7 Å². The van der Waals surface area contributed by atoms with Gasteiger partial charge in [-0.3, -0.25) is 4.79 Å². The van der Waals surface area contributed by atoms with Crippen LogP contribution in [-0.4, -0.2) is 25.0 Å². The zero-order valence-electron chi connectivity index (χ0n) is 19.0. The van der Waals surface area contributed by atoms with Gasteiger partial charge in [-0.1, -0.05) is 48.5 Å². The number of amides is 1. The SMILES string of the molecule is CN(c1cccc(C(=O)Nc2cccc(S)c2)c1)C1CC1N(c1ccccc1)c1ccccc1. The molecule has 4 nitrogen and oxygen atoms in total. The quantitative estimate of drug-likeness (QED) is 0.300. The van der Waals surface area contributed by atoms with Gasteiger partial charge in [-0.25, -0.2) is 0 Å². The van der Waals surface area contributed by atoms with Crippen LogP contribution in [0.5, 0.6) is 0 Å². The fourth-order valence-corrected chi connectivity index (χ4v) is 4.64. The van der Waals surface area contributed by atoms with Crippen LogP contribution in [0.2, 0.25) is 0 Å². The molecule has 1 fully saturated rings. The number of hydrogen-bond acceptors (Lipinski definition) is 4. The molecule has 5 heteroatoms. The highest BCUT2D eigenvalue weighted by atomic mass is 32.1. The average molecular weight is 466 g/mol. The molecule has 170 valence electrons. The molecule has 0 bridgehead atoms. The molecule has 0 saturated heterocycles. The summed E-state index contributed by atoms with van der Waals surface area (Å²) in [6, 6.07) is 37.0. The second kappa shape index (κ2) is 9.65. The Hall–Kier alpha value is -3.70. The fraction of sp³-hybridized carbons (Fsp3) is 0.138. The van der Waals surface area contributed by atoms with Crippen molar-refractivity contribution in [2.45, 2.75) is 23.4 Å². The summed E-state index contributed by atoms with van der Waals surface area (Å²) in [5.41, 5.74) is 4.78. The van der Waals surface area contributed by atoms with Crippen molar-refractivity contribution >= 4 is 41.3 Å². The zero-order valence-corrected chi connectivity index (χ0v) is 19.9. The highest BCUT2D eigenvalue weighted by molar-refractivity contribution is 7.80. The van der Waals surface area contributed by atoms with Gasteiger partial charge in [0.25, 0.3) is 5.91 Å². The van der Waals surface area contributed by atoms with Crippen molar-refractivity contribution < 1.29 is 4.79 Å². The second-order valence-corrected chi connectivity index (χ2v) is 9.09. The minimum Gasteiger partial charge on any atom is -0.369 e. The number of anilines is 4. The van der Waals surface area contributed by atoms with Gasteiger partial charge >= 0.3 is 0 Å². The van der Waals surface area contributed by atoms with Gasteiger partial charge in [0, 0.05) is 40.3 Å². The van der Waals surface area contributed by atoms with Crippen molar-refractivity contribution in [3.05, 3.63) is 115 Å². The molecule has 1 N–H and O–H groups in total. The second-order valence-electron chi connectivity index (χ2n) is 8.58. The molecule has 34 heavy (non-hydrogen) atoms. The maximum absolute atomic E-state index is 12.9. The largest absolute Gasteiger partial charge is 0.369 e.